The van der Waals surface area contributed by atoms with Gasteiger partial charge in [0.1, 0.15) is 0 Å². The molecule has 1 aromatic heterocycles. The van der Waals surface area contributed by atoms with Crippen LogP contribution in [0.3, 0.4) is 0 Å². The van der Waals surface area contributed by atoms with E-state index in [1.165, 1.54) is 36.4 Å². The van der Waals surface area contributed by atoms with E-state index in [-0.39, 0.29) is 27.5 Å². The molecule has 0 unspecified atom stereocenters. The van der Waals surface area contributed by atoms with Crippen molar-refractivity contribution in [1.82, 2.24) is 4.98 Å². The fourth-order valence-electron chi connectivity index (χ4n) is 2.50. The first-order valence-electron chi connectivity index (χ1n) is 7.57. The van der Waals surface area contributed by atoms with Gasteiger partial charge in [-0.3, -0.25) is 0 Å². The predicted molar refractivity (Wildman–Crippen MR) is 90.1 cm³/mol. The number of hydrogen-bond acceptors (Lipinski definition) is 1. The Bertz CT molecular complexity index is 978. The highest BCUT2D eigenvalue weighted by molar-refractivity contribution is 6.33. The Labute approximate surface area is 155 Å². The lowest BCUT2D eigenvalue weighted by atomic mass is 10.0. The van der Waals surface area contributed by atoms with Gasteiger partial charge in [0.25, 0.3) is 0 Å². The average molecular weight is 402 g/mol. The largest absolute Gasteiger partial charge is 0.416 e. The number of benzene rings is 2. The number of halogens is 7. The van der Waals surface area contributed by atoms with Crippen LogP contribution in [-0.2, 0) is 12.4 Å². The van der Waals surface area contributed by atoms with Gasteiger partial charge in [-0.15, -0.1) is 0 Å². The number of hydrogen-bond donors (Lipinski definition) is 0. The summed E-state index contributed by atoms with van der Waals surface area (Å²) in [5.74, 6) is 0. The molecule has 3 rings (SSSR count). The monoisotopic (exact) mass is 401 g/mol. The lowest BCUT2D eigenvalue weighted by Crippen LogP contribution is -2.05. The fraction of sp³-hybridized carbons (Fsp3) is 0.105. The zero-order valence-electron chi connectivity index (χ0n) is 13.4. The summed E-state index contributed by atoms with van der Waals surface area (Å²) >= 11 is 6.06. The van der Waals surface area contributed by atoms with E-state index < -0.39 is 23.5 Å². The van der Waals surface area contributed by atoms with Crippen molar-refractivity contribution < 1.29 is 26.3 Å². The standard InChI is InChI=1S/C19H10ClF6N/c20-15-7-8-16(11-3-1-5-13(9-11)18(21,22)23)27-17(15)12-4-2-6-14(10-12)19(24,25)26/h1-10H. The molecule has 0 spiro atoms. The highest BCUT2D eigenvalue weighted by Gasteiger charge is 2.31. The minimum atomic E-state index is -4.54. The number of alkyl halides is 6. The van der Waals surface area contributed by atoms with Gasteiger partial charge in [-0.25, -0.2) is 4.98 Å². The van der Waals surface area contributed by atoms with E-state index in [1.54, 1.807) is 0 Å². The summed E-state index contributed by atoms with van der Waals surface area (Å²) in [5, 5.41) is 0.0880. The summed E-state index contributed by atoms with van der Waals surface area (Å²) in [6.07, 6.45) is -9.06. The molecule has 0 saturated heterocycles. The van der Waals surface area contributed by atoms with Crippen LogP contribution in [0.5, 0.6) is 0 Å². The molecule has 0 amide bonds. The number of aromatic nitrogens is 1. The molecular weight excluding hydrogens is 392 g/mol. The Morgan fingerprint density at radius 1 is 0.667 bits per heavy atom. The summed E-state index contributed by atoms with van der Waals surface area (Å²) in [7, 11) is 0. The van der Waals surface area contributed by atoms with E-state index >= 15 is 0 Å². The van der Waals surface area contributed by atoms with Gasteiger partial charge < -0.3 is 0 Å². The van der Waals surface area contributed by atoms with Gasteiger partial charge in [0.15, 0.2) is 0 Å². The van der Waals surface area contributed by atoms with Crippen LogP contribution in [0.4, 0.5) is 26.3 Å². The van der Waals surface area contributed by atoms with Gasteiger partial charge >= 0.3 is 12.4 Å². The highest BCUT2D eigenvalue weighted by atomic mass is 35.5. The van der Waals surface area contributed by atoms with Crippen molar-refractivity contribution in [2.75, 3.05) is 0 Å². The SMILES string of the molecule is FC(F)(F)c1cccc(-c2ccc(Cl)c(-c3cccc(C(F)(F)F)c3)n2)c1. The summed E-state index contributed by atoms with van der Waals surface area (Å²) in [6.45, 7) is 0. The van der Waals surface area contributed by atoms with Crippen LogP contribution in [0.2, 0.25) is 5.02 Å². The lowest BCUT2D eigenvalue weighted by molar-refractivity contribution is -0.138. The first-order chi connectivity index (χ1) is 12.6. The van der Waals surface area contributed by atoms with E-state index in [2.05, 4.69) is 4.98 Å². The van der Waals surface area contributed by atoms with Crippen molar-refractivity contribution in [3.05, 3.63) is 76.8 Å². The summed E-state index contributed by atoms with van der Waals surface area (Å²) in [5.41, 5.74) is -1.21. The molecule has 3 aromatic rings. The number of pyridine rings is 1. The Kier molecular flexibility index (Phi) is 4.90. The highest BCUT2D eigenvalue weighted by Crippen LogP contribution is 2.36. The van der Waals surface area contributed by atoms with Crippen molar-refractivity contribution in [2.45, 2.75) is 12.4 Å². The molecule has 1 heterocycles. The minimum absolute atomic E-state index is 0.0534. The summed E-state index contributed by atoms with van der Waals surface area (Å²) < 4.78 is 77.5. The van der Waals surface area contributed by atoms with E-state index in [1.807, 2.05) is 0 Å². The Balaban J connectivity index is 2.09. The molecule has 140 valence electrons. The number of rotatable bonds is 2. The maximum atomic E-state index is 12.9. The molecule has 0 bridgehead atoms. The molecule has 2 aromatic carbocycles. The Morgan fingerprint density at radius 2 is 1.19 bits per heavy atom. The van der Waals surface area contributed by atoms with Crippen LogP contribution in [0.15, 0.2) is 60.7 Å². The Hall–Kier alpha value is -2.54. The zero-order chi connectivity index (χ0) is 19.8. The quantitative estimate of drug-likeness (QED) is 0.417. The molecule has 0 radical (unpaired) electrons. The Morgan fingerprint density at radius 3 is 1.74 bits per heavy atom. The van der Waals surface area contributed by atoms with Gasteiger partial charge in [-0.05, 0) is 36.4 Å². The van der Waals surface area contributed by atoms with E-state index in [0.717, 1.165) is 24.3 Å². The van der Waals surface area contributed by atoms with Crippen molar-refractivity contribution >= 4 is 11.6 Å². The molecule has 0 atom stereocenters. The van der Waals surface area contributed by atoms with Gasteiger partial charge in [0, 0.05) is 11.1 Å². The molecule has 27 heavy (non-hydrogen) atoms. The summed E-state index contributed by atoms with van der Waals surface area (Å²) in [4.78, 5) is 4.19. The van der Waals surface area contributed by atoms with E-state index in [4.69, 9.17) is 11.6 Å². The van der Waals surface area contributed by atoms with Gasteiger partial charge in [-0.2, -0.15) is 26.3 Å². The van der Waals surface area contributed by atoms with Gasteiger partial charge in [-0.1, -0.05) is 35.9 Å². The second-order valence-corrected chi connectivity index (χ2v) is 6.09. The molecule has 0 aliphatic carbocycles. The second kappa shape index (κ2) is 6.88. The zero-order valence-corrected chi connectivity index (χ0v) is 14.1. The van der Waals surface area contributed by atoms with Crippen molar-refractivity contribution in [3.63, 3.8) is 0 Å². The maximum Gasteiger partial charge on any atom is 0.416 e. The van der Waals surface area contributed by atoms with Gasteiger partial charge in [0.2, 0.25) is 0 Å². The second-order valence-electron chi connectivity index (χ2n) is 5.68. The predicted octanol–water partition coefficient (Wildman–Crippen LogP) is 7.11. The van der Waals surface area contributed by atoms with Crippen LogP contribution in [0, 0.1) is 0 Å². The minimum Gasteiger partial charge on any atom is -0.246 e. The van der Waals surface area contributed by atoms with E-state index in [0.29, 0.717) is 0 Å². The number of nitrogens with zero attached hydrogens (tertiary/aromatic N) is 1. The summed E-state index contributed by atoms with van der Waals surface area (Å²) in [6, 6.07) is 11.7. The van der Waals surface area contributed by atoms with Crippen LogP contribution in [0.25, 0.3) is 22.5 Å². The topological polar surface area (TPSA) is 12.9 Å². The fourth-order valence-corrected chi connectivity index (χ4v) is 2.72. The first kappa shape index (κ1) is 19.2. The molecule has 1 nitrogen and oxygen atoms in total. The van der Waals surface area contributed by atoms with E-state index in [9.17, 15) is 26.3 Å². The third-order valence-electron chi connectivity index (χ3n) is 3.80. The third-order valence-corrected chi connectivity index (χ3v) is 4.10. The normalized spacial score (nSPS) is 12.3. The smallest absolute Gasteiger partial charge is 0.246 e. The first-order valence-corrected chi connectivity index (χ1v) is 7.95. The average Bonchev–Trinajstić information content (AvgIpc) is 2.61. The molecular formula is C19H10ClF6N. The van der Waals surface area contributed by atoms with Crippen LogP contribution in [-0.4, -0.2) is 4.98 Å². The maximum absolute atomic E-state index is 12.9. The molecule has 8 heteroatoms. The van der Waals surface area contributed by atoms with Crippen LogP contribution >= 0.6 is 11.6 Å². The molecule has 0 fully saturated rings. The van der Waals surface area contributed by atoms with Crippen LogP contribution in [0.1, 0.15) is 11.1 Å². The van der Waals surface area contributed by atoms with Crippen molar-refractivity contribution in [3.8, 4) is 22.5 Å². The van der Waals surface area contributed by atoms with Crippen molar-refractivity contribution in [1.29, 1.82) is 0 Å². The molecule has 0 aliphatic heterocycles. The third kappa shape index (κ3) is 4.24. The molecule has 0 aliphatic rings. The van der Waals surface area contributed by atoms with Crippen LogP contribution < -0.4 is 0 Å². The van der Waals surface area contributed by atoms with Gasteiger partial charge in [0.05, 0.1) is 27.5 Å². The molecule has 0 saturated carbocycles. The lowest BCUT2D eigenvalue weighted by Gasteiger charge is -2.12. The molecule has 0 N–H and O–H groups in total. The van der Waals surface area contributed by atoms with Crippen molar-refractivity contribution in [2.24, 2.45) is 0 Å².